The summed E-state index contributed by atoms with van der Waals surface area (Å²) in [5.41, 5.74) is 0.353. The van der Waals surface area contributed by atoms with Gasteiger partial charge in [0.25, 0.3) is 0 Å². The second kappa shape index (κ2) is 5.76. The van der Waals surface area contributed by atoms with Crippen LogP contribution in [0.25, 0.3) is 0 Å². The molecule has 4 nitrogen and oxygen atoms in total. The van der Waals surface area contributed by atoms with E-state index >= 15 is 0 Å². The molecule has 1 fully saturated rings. The Kier molecular flexibility index (Phi) is 4.47. The molecule has 1 aromatic carbocycles. The number of nitrogens with one attached hydrogen (secondary N) is 1. The van der Waals surface area contributed by atoms with Gasteiger partial charge in [0.2, 0.25) is 0 Å². The van der Waals surface area contributed by atoms with Gasteiger partial charge in [-0.3, -0.25) is 4.72 Å². The van der Waals surface area contributed by atoms with Gasteiger partial charge in [0.15, 0.2) is 0 Å². The van der Waals surface area contributed by atoms with E-state index in [-0.39, 0.29) is 4.47 Å². The molecule has 1 heterocycles. The molecule has 0 spiro atoms. The molecule has 19 heavy (non-hydrogen) atoms. The molecule has 7 heteroatoms. The van der Waals surface area contributed by atoms with Crippen molar-refractivity contribution in [1.82, 2.24) is 4.31 Å². The monoisotopic (exact) mass is 350 g/mol. The third-order valence-corrected chi connectivity index (χ3v) is 5.24. The lowest BCUT2D eigenvalue weighted by Crippen LogP contribution is -2.42. The minimum absolute atomic E-state index is 0.236. The standard InChI is InChI=1S/C12H16BrFN2O2S/c1-9-3-2-6-16(8-9)19(17,18)15-10-4-5-12(14)11(13)7-10/h4-5,7,9,15H,2-3,6,8H2,1H3. The van der Waals surface area contributed by atoms with Crippen LogP contribution in [0.3, 0.4) is 0 Å². The number of hydrogen-bond acceptors (Lipinski definition) is 2. The summed E-state index contributed by atoms with van der Waals surface area (Å²) < 4.78 is 41.7. The highest BCUT2D eigenvalue weighted by Gasteiger charge is 2.27. The first-order valence-corrected chi connectivity index (χ1v) is 8.35. The van der Waals surface area contributed by atoms with E-state index in [1.165, 1.54) is 22.5 Å². The summed E-state index contributed by atoms with van der Waals surface area (Å²) in [6.07, 6.45) is 1.92. The van der Waals surface area contributed by atoms with Crippen molar-refractivity contribution in [1.29, 1.82) is 0 Å². The number of nitrogens with zero attached hydrogens (tertiary/aromatic N) is 1. The maximum atomic E-state index is 13.1. The topological polar surface area (TPSA) is 49.4 Å². The summed E-state index contributed by atoms with van der Waals surface area (Å²) in [5, 5.41) is 0. The molecule has 1 aliphatic rings. The number of anilines is 1. The fourth-order valence-corrected chi connectivity index (χ4v) is 3.89. The lowest BCUT2D eigenvalue weighted by Gasteiger charge is -2.30. The fourth-order valence-electron chi connectivity index (χ4n) is 2.14. The number of rotatable bonds is 3. The second-order valence-electron chi connectivity index (χ2n) is 4.84. The van der Waals surface area contributed by atoms with Gasteiger partial charge >= 0.3 is 10.2 Å². The molecule has 1 N–H and O–H groups in total. The molecule has 1 aliphatic heterocycles. The van der Waals surface area contributed by atoms with Crippen LogP contribution >= 0.6 is 15.9 Å². The molecule has 1 atom stereocenters. The SMILES string of the molecule is CC1CCCN(S(=O)(=O)Nc2ccc(F)c(Br)c2)C1. The maximum Gasteiger partial charge on any atom is 0.301 e. The molecule has 0 amide bonds. The lowest BCUT2D eigenvalue weighted by molar-refractivity contribution is 0.282. The molecular weight excluding hydrogens is 335 g/mol. The Balaban J connectivity index is 2.14. The molecule has 1 aromatic rings. The molecule has 0 saturated carbocycles. The highest BCUT2D eigenvalue weighted by Crippen LogP contribution is 2.23. The lowest BCUT2D eigenvalue weighted by atomic mass is 10.0. The van der Waals surface area contributed by atoms with Crippen LogP contribution in [0.5, 0.6) is 0 Å². The van der Waals surface area contributed by atoms with Crippen molar-refractivity contribution < 1.29 is 12.8 Å². The van der Waals surface area contributed by atoms with Gasteiger partial charge in [-0.15, -0.1) is 0 Å². The Hall–Kier alpha value is -0.660. The van der Waals surface area contributed by atoms with Crippen LogP contribution in [-0.2, 0) is 10.2 Å². The average molecular weight is 351 g/mol. The molecule has 2 rings (SSSR count). The first kappa shape index (κ1) is 14.7. The van der Waals surface area contributed by atoms with Gasteiger partial charge in [-0.05, 0) is 52.9 Å². The van der Waals surface area contributed by atoms with Gasteiger partial charge in [-0.25, -0.2) is 4.39 Å². The molecule has 0 aliphatic carbocycles. The van der Waals surface area contributed by atoms with Crippen LogP contribution in [-0.4, -0.2) is 25.8 Å². The summed E-state index contributed by atoms with van der Waals surface area (Å²) in [7, 11) is -3.56. The van der Waals surface area contributed by atoms with E-state index in [9.17, 15) is 12.8 Å². The second-order valence-corrected chi connectivity index (χ2v) is 7.37. The third kappa shape index (κ3) is 3.67. The molecule has 0 radical (unpaired) electrons. The Morgan fingerprint density at radius 3 is 2.84 bits per heavy atom. The summed E-state index contributed by atoms with van der Waals surface area (Å²) in [4.78, 5) is 0. The van der Waals surface area contributed by atoms with E-state index in [0.29, 0.717) is 24.7 Å². The minimum atomic E-state index is -3.56. The zero-order chi connectivity index (χ0) is 14.0. The van der Waals surface area contributed by atoms with Crippen molar-refractivity contribution in [3.63, 3.8) is 0 Å². The van der Waals surface area contributed by atoms with Gasteiger partial charge < -0.3 is 0 Å². The normalized spacial score (nSPS) is 21.3. The molecule has 0 bridgehead atoms. The van der Waals surface area contributed by atoms with Gasteiger partial charge in [0, 0.05) is 13.1 Å². The predicted molar refractivity (Wildman–Crippen MR) is 76.6 cm³/mol. The van der Waals surface area contributed by atoms with Crippen molar-refractivity contribution in [2.75, 3.05) is 17.8 Å². The molecule has 1 unspecified atom stereocenters. The van der Waals surface area contributed by atoms with Crippen molar-refractivity contribution in [3.05, 3.63) is 28.5 Å². The van der Waals surface area contributed by atoms with Crippen LogP contribution in [0.2, 0.25) is 0 Å². The smallest absolute Gasteiger partial charge is 0.271 e. The predicted octanol–water partition coefficient (Wildman–Crippen LogP) is 2.98. The van der Waals surface area contributed by atoms with E-state index in [0.717, 1.165) is 12.8 Å². The fraction of sp³-hybridized carbons (Fsp3) is 0.500. The Labute approximate surface area is 121 Å². The van der Waals surface area contributed by atoms with Crippen molar-refractivity contribution in [2.24, 2.45) is 5.92 Å². The minimum Gasteiger partial charge on any atom is -0.271 e. The first-order valence-electron chi connectivity index (χ1n) is 6.11. The number of hydrogen-bond donors (Lipinski definition) is 1. The summed E-state index contributed by atoms with van der Waals surface area (Å²) >= 11 is 3.04. The number of piperidine rings is 1. The van der Waals surface area contributed by atoms with Crippen molar-refractivity contribution in [3.8, 4) is 0 Å². The van der Waals surface area contributed by atoms with Gasteiger partial charge in [0.1, 0.15) is 5.82 Å². The number of benzene rings is 1. The zero-order valence-corrected chi connectivity index (χ0v) is 13.0. The molecule has 1 saturated heterocycles. The van der Waals surface area contributed by atoms with Crippen LogP contribution in [0.15, 0.2) is 22.7 Å². The maximum absolute atomic E-state index is 13.1. The van der Waals surface area contributed by atoms with E-state index in [2.05, 4.69) is 20.7 Å². The Morgan fingerprint density at radius 2 is 2.21 bits per heavy atom. The Bertz CT molecular complexity index is 565. The summed E-state index contributed by atoms with van der Waals surface area (Å²) in [6.45, 7) is 3.09. The molecular formula is C12H16BrFN2O2S. The van der Waals surface area contributed by atoms with Gasteiger partial charge in [-0.2, -0.15) is 12.7 Å². The van der Waals surface area contributed by atoms with Crippen LogP contribution in [0.1, 0.15) is 19.8 Å². The Morgan fingerprint density at radius 1 is 1.47 bits per heavy atom. The average Bonchev–Trinajstić information content (AvgIpc) is 2.33. The van der Waals surface area contributed by atoms with E-state index < -0.39 is 16.0 Å². The van der Waals surface area contributed by atoms with E-state index in [4.69, 9.17) is 0 Å². The van der Waals surface area contributed by atoms with Crippen LogP contribution in [0.4, 0.5) is 10.1 Å². The van der Waals surface area contributed by atoms with Crippen LogP contribution in [0, 0.1) is 11.7 Å². The van der Waals surface area contributed by atoms with Gasteiger partial charge in [0.05, 0.1) is 10.2 Å². The van der Waals surface area contributed by atoms with Crippen molar-refractivity contribution in [2.45, 2.75) is 19.8 Å². The van der Waals surface area contributed by atoms with E-state index in [1.54, 1.807) is 0 Å². The highest BCUT2D eigenvalue weighted by molar-refractivity contribution is 9.10. The van der Waals surface area contributed by atoms with E-state index in [1.807, 2.05) is 6.92 Å². The van der Waals surface area contributed by atoms with Gasteiger partial charge in [-0.1, -0.05) is 6.92 Å². The first-order chi connectivity index (χ1) is 8.88. The summed E-state index contributed by atoms with van der Waals surface area (Å²) in [5.74, 6) is -0.0557. The van der Waals surface area contributed by atoms with Crippen LogP contribution < -0.4 is 4.72 Å². The summed E-state index contributed by atoms with van der Waals surface area (Å²) in [6, 6.07) is 4.05. The third-order valence-electron chi connectivity index (χ3n) is 3.13. The largest absolute Gasteiger partial charge is 0.301 e. The highest BCUT2D eigenvalue weighted by atomic mass is 79.9. The quantitative estimate of drug-likeness (QED) is 0.910. The van der Waals surface area contributed by atoms with Crippen molar-refractivity contribution >= 4 is 31.8 Å². The molecule has 106 valence electrons. The molecule has 0 aromatic heterocycles. The number of halogens is 2. The zero-order valence-electron chi connectivity index (χ0n) is 10.6.